The molecular formula is C17H11NO4. The van der Waals surface area contributed by atoms with E-state index < -0.39 is 11.3 Å². The monoisotopic (exact) mass is 293 g/mol. The third-order valence-corrected chi connectivity index (χ3v) is 3.81. The maximum atomic E-state index is 11.4. The maximum absolute atomic E-state index is 11.4. The first kappa shape index (κ1) is 12.8. The number of benzene rings is 1. The van der Waals surface area contributed by atoms with Gasteiger partial charge in [0.15, 0.2) is 0 Å². The quantitative estimate of drug-likeness (QED) is 0.645. The van der Waals surface area contributed by atoms with Gasteiger partial charge in [0.2, 0.25) is 5.58 Å². The van der Waals surface area contributed by atoms with Crippen molar-refractivity contribution < 1.29 is 8.83 Å². The fourth-order valence-electron chi connectivity index (χ4n) is 2.79. The van der Waals surface area contributed by atoms with E-state index in [4.69, 9.17) is 8.83 Å². The molecular weight excluding hydrogens is 282 g/mol. The van der Waals surface area contributed by atoms with E-state index >= 15 is 0 Å². The molecule has 3 aromatic rings. The van der Waals surface area contributed by atoms with E-state index in [1.807, 2.05) is 18.2 Å². The predicted octanol–water partition coefficient (Wildman–Crippen LogP) is 2.63. The fourth-order valence-corrected chi connectivity index (χ4v) is 2.79. The highest BCUT2D eigenvalue weighted by Crippen LogP contribution is 2.34. The molecule has 0 saturated heterocycles. The second-order valence-corrected chi connectivity index (χ2v) is 5.14. The summed E-state index contributed by atoms with van der Waals surface area (Å²) in [5.74, 6) is 0. The standard InChI is InChI=1S/C17H11NO4/c19-16-17(20)22-15-14(21-16)12(7-8-18-15)9-11-6-5-10-3-1-2-4-13(10)11/h1-4,7-9H,5-6H2/b11-9+. The SMILES string of the molecule is O=c1oc2nccc(/C=C3\CCc4ccccc43)c2oc1=O. The highest BCUT2D eigenvalue weighted by molar-refractivity contribution is 5.90. The van der Waals surface area contributed by atoms with Crippen LogP contribution in [0.3, 0.4) is 0 Å². The van der Waals surface area contributed by atoms with Crippen molar-refractivity contribution in [3.8, 4) is 0 Å². The molecule has 0 radical (unpaired) electrons. The Kier molecular flexibility index (Phi) is 2.79. The molecule has 0 saturated carbocycles. The van der Waals surface area contributed by atoms with Crippen molar-refractivity contribution in [3.63, 3.8) is 0 Å². The molecule has 0 unspecified atom stereocenters. The van der Waals surface area contributed by atoms with E-state index in [2.05, 4.69) is 17.1 Å². The van der Waals surface area contributed by atoms with Gasteiger partial charge in [0.05, 0.1) is 0 Å². The van der Waals surface area contributed by atoms with Crippen LogP contribution in [-0.4, -0.2) is 4.98 Å². The molecule has 0 amide bonds. The van der Waals surface area contributed by atoms with Crippen molar-refractivity contribution in [2.75, 3.05) is 0 Å². The molecule has 0 spiro atoms. The molecule has 0 bridgehead atoms. The maximum Gasteiger partial charge on any atom is 0.424 e. The molecule has 5 heteroatoms. The Balaban J connectivity index is 1.93. The lowest BCUT2D eigenvalue weighted by Crippen LogP contribution is -2.21. The number of hydrogen-bond acceptors (Lipinski definition) is 5. The van der Waals surface area contributed by atoms with Crippen molar-refractivity contribution in [1.82, 2.24) is 4.98 Å². The van der Waals surface area contributed by atoms with E-state index in [0.717, 1.165) is 18.4 Å². The normalized spacial score (nSPS) is 15.4. The van der Waals surface area contributed by atoms with Gasteiger partial charge in [-0.2, -0.15) is 0 Å². The van der Waals surface area contributed by atoms with Gasteiger partial charge < -0.3 is 8.83 Å². The largest absolute Gasteiger partial charge is 0.424 e. The minimum Gasteiger partial charge on any atom is -0.412 e. The lowest BCUT2D eigenvalue weighted by molar-refractivity contribution is 0.442. The zero-order chi connectivity index (χ0) is 15.1. The minimum absolute atomic E-state index is 0.0326. The Morgan fingerprint density at radius 2 is 1.82 bits per heavy atom. The molecule has 0 N–H and O–H groups in total. The van der Waals surface area contributed by atoms with Crippen molar-refractivity contribution in [1.29, 1.82) is 0 Å². The smallest absolute Gasteiger partial charge is 0.412 e. The van der Waals surface area contributed by atoms with Crippen molar-refractivity contribution in [2.24, 2.45) is 0 Å². The van der Waals surface area contributed by atoms with Crippen LogP contribution in [0.5, 0.6) is 0 Å². The van der Waals surface area contributed by atoms with E-state index in [0.29, 0.717) is 5.56 Å². The van der Waals surface area contributed by atoms with Crippen LogP contribution in [0, 0.1) is 0 Å². The lowest BCUT2D eigenvalue weighted by Gasteiger charge is -2.02. The van der Waals surface area contributed by atoms with Gasteiger partial charge in [-0.1, -0.05) is 24.3 Å². The summed E-state index contributed by atoms with van der Waals surface area (Å²) in [6.45, 7) is 0. The topological polar surface area (TPSA) is 73.3 Å². The zero-order valence-electron chi connectivity index (χ0n) is 11.5. The molecule has 1 aromatic carbocycles. The van der Waals surface area contributed by atoms with Crippen molar-refractivity contribution in [2.45, 2.75) is 12.8 Å². The Morgan fingerprint density at radius 1 is 1.00 bits per heavy atom. The average molecular weight is 293 g/mol. The van der Waals surface area contributed by atoms with Crippen LogP contribution in [0.4, 0.5) is 0 Å². The first-order chi connectivity index (χ1) is 10.7. The first-order valence-corrected chi connectivity index (χ1v) is 6.94. The highest BCUT2D eigenvalue weighted by atomic mass is 16.5. The van der Waals surface area contributed by atoms with E-state index in [1.54, 1.807) is 6.07 Å². The van der Waals surface area contributed by atoms with Crippen LogP contribution in [0.25, 0.3) is 22.9 Å². The Labute approximate surface area is 124 Å². The van der Waals surface area contributed by atoms with Crippen molar-refractivity contribution in [3.05, 3.63) is 74.1 Å². The van der Waals surface area contributed by atoms with Crippen LogP contribution in [0.2, 0.25) is 0 Å². The van der Waals surface area contributed by atoms with Gasteiger partial charge in [0.25, 0.3) is 5.71 Å². The first-order valence-electron chi connectivity index (χ1n) is 6.94. The fraction of sp³-hybridized carbons (Fsp3) is 0.118. The third kappa shape index (κ3) is 1.98. The summed E-state index contributed by atoms with van der Waals surface area (Å²) >= 11 is 0. The van der Waals surface area contributed by atoms with Crippen LogP contribution >= 0.6 is 0 Å². The van der Waals surface area contributed by atoms with Crippen LogP contribution < -0.4 is 11.3 Å². The molecule has 0 aliphatic heterocycles. The second-order valence-electron chi connectivity index (χ2n) is 5.14. The van der Waals surface area contributed by atoms with E-state index in [9.17, 15) is 9.59 Å². The number of aromatic nitrogens is 1. The summed E-state index contributed by atoms with van der Waals surface area (Å²) in [7, 11) is 0. The van der Waals surface area contributed by atoms with E-state index in [-0.39, 0.29) is 11.3 Å². The minimum atomic E-state index is -1.05. The second kappa shape index (κ2) is 4.80. The van der Waals surface area contributed by atoms with Gasteiger partial charge in [0, 0.05) is 11.8 Å². The molecule has 5 nitrogen and oxygen atoms in total. The Bertz CT molecular complexity index is 1030. The van der Waals surface area contributed by atoms with Crippen LogP contribution in [0.15, 0.2) is 55.0 Å². The molecule has 2 heterocycles. The number of pyridine rings is 1. The van der Waals surface area contributed by atoms with Crippen LogP contribution in [-0.2, 0) is 6.42 Å². The number of aryl methyl sites for hydroxylation is 1. The summed E-state index contributed by atoms with van der Waals surface area (Å²) < 4.78 is 9.92. The molecule has 22 heavy (non-hydrogen) atoms. The van der Waals surface area contributed by atoms with Gasteiger partial charge in [0.1, 0.15) is 0 Å². The van der Waals surface area contributed by atoms with Crippen molar-refractivity contribution >= 4 is 22.9 Å². The number of fused-ring (bicyclic) bond motifs is 2. The molecule has 1 aliphatic carbocycles. The number of nitrogens with zero attached hydrogens (tertiary/aromatic N) is 1. The molecule has 0 fully saturated rings. The summed E-state index contributed by atoms with van der Waals surface area (Å²) in [6.07, 6.45) is 5.39. The summed E-state index contributed by atoms with van der Waals surface area (Å²) in [5.41, 5.74) is 2.51. The van der Waals surface area contributed by atoms with Gasteiger partial charge in [-0.3, -0.25) is 0 Å². The molecule has 0 atom stereocenters. The average Bonchev–Trinajstić information content (AvgIpc) is 2.93. The summed E-state index contributed by atoms with van der Waals surface area (Å²) in [6, 6.07) is 9.95. The predicted molar refractivity (Wildman–Crippen MR) is 81.4 cm³/mol. The number of allylic oxidation sites excluding steroid dienone is 1. The third-order valence-electron chi connectivity index (χ3n) is 3.81. The van der Waals surface area contributed by atoms with Gasteiger partial charge in [-0.05, 0) is 41.7 Å². The number of hydrogen-bond donors (Lipinski definition) is 0. The highest BCUT2D eigenvalue weighted by Gasteiger charge is 2.16. The molecule has 4 rings (SSSR count). The molecule has 108 valence electrons. The molecule has 2 aromatic heterocycles. The Morgan fingerprint density at radius 3 is 2.73 bits per heavy atom. The van der Waals surface area contributed by atoms with Gasteiger partial charge in [-0.15, -0.1) is 0 Å². The Hall–Kier alpha value is -2.95. The summed E-state index contributed by atoms with van der Waals surface area (Å²) in [5, 5.41) is 0. The van der Waals surface area contributed by atoms with Crippen LogP contribution in [0.1, 0.15) is 23.1 Å². The number of rotatable bonds is 1. The molecule has 1 aliphatic rings. The van der Waals surface area contributed by atoms with Gasteiger partial charge >= 0.3 is 11.3 Å². The van der Waals surface area contributed by atoms with Gasteiger partial charge in [-0.25, -0.2) is 14.6 Å². The van der Waals surface area contributed by atoms with E-state index in [1.165, 1.54) is 17.3 Å². The lowest BCUT2D eigenvalue weighted by atomic mass is 10.0. The zero-order valence-corrected chi connectivity index (χ0v) is 11.5. The summed E-state index contributed by atoms with van der Waals surface area (Å²) in [4.78, 5) is 26.6.